The van der Waals surface area contributed by atoms with Gasteiger partial charge < -0.3 is 15.2 Å². The number of rotatable bonds is 8. The van der Waals surface area contributed by atoms with E-state index in [1.54, 1.807) is 14.0 Å². The summed E-state index contributed by atoms with van der Waals surface area (Å²) in [5, 5.41) is 11.8. The van der Waals surface area contributed by atoms with Gasteiger partial charge in [0.05, 0.1) is 6.10 Å². The van der Waals surface area contributed by atoms with Crippen molar-refractivity contribution in [2.24, 2.45) is 0 Å². The van der Waals surface area contributed by atoms with Crippen molar-refractivity contribution in [3.8, 4) is 0 Å². The van der Waals surface area contributed by atoms with Gasteiger partial charge >= 0.3 is 5.97 Å². The lowest BCUT2D eigenvalue weighted by molar-refractivity contribution is -0.145. The third-order valence-corrected chi connectivity index (χ3v) is 2.72. The fourth-order valence-electron chi connectivity index (χ4n) is 1.29. The van der Waals surface area contributed by atoms with Gasteiger partial charge in [-0.15, -0.1) is 0 Å². The van der Waals surface area contributed by atoms with E-state index in [-0.39, 0.29) is 6.10 Å². The van der Waals surface area contributed by atoms with Gasteiger partial charge in [0.2, 0.25) is 0 Å². The quantitative estimate of drug-likeness (QED) is 0.649. The fourth-order valence-corrected chi connectivity index (χ4v) is 1.29. The predicted molar refractivity (Wildman–Crippen MR) is 60.0 cm³/mol. The van der Waals surface area contributed by atoms with Gasteiger partial charge in [-0.3, -0.25) is 4.79 Å². The normalized spacial score (nSPS) is 17.1. The van der Waals surface area contributed by atoms with Crippen molar-refractivity contribution in [3.63, 3.8) is 0 Å². The van der Waals surface area contributed by atoms with Crippen LogP contribution in [0.2, 0.25) is 0 Å². The third-order valence-electron chi connectivity index (χ3n) is 2.72. The highest BCUT2D eigenvalue weighted by molar-refractivity contribution is 5.78. The summed E-state index contributed by atoms with van der Waals surface area (Å²) in [5.41, 5.74) is -0.883. The molecule has 0 radical (unpaired) electrons. The lowest BCUT2D eigenvalue weighted by atomic mass is 9.99. The molecule has 0 aromatic heterocycles. The van der Waals surface area contributed by atoms with E-state index in [1.807, 2.05) is 6.92 Å². The first-order chi connectivity index (χ1) is 6.96. The molecule has 0 fully saturated rings. The number of carboxylic acids is 1. The highest BCUT2D eigenvalue weighted by Crippen LogP contribution is 2.11. The summed E-state index contributed by atoms with van der Waals surface area (Å²) in [7, 11) is 1.66. The summed E-state index contributed by atoms with van der Waals surface area (Å²) < 4.78 is 5.53. The van der Waals surface area contributed by atoms with E-state index in [2.05, 4.69) is 12.2 Å². The minimum Gasteiger partial charge on any atom is -0.480 e. The molecule has 2 atom stereocenters. The molecule has 0 spiro atoms. The van der Waals surface area contributed by atoms with E-state index in [0.717, 1.165) is 12.8 Å². The minimum absolute atomic E-state index is 0.213. The molecule has 0 saturated carbocycles. The first-order valence-corrected chi connectivity index (χ1v) is 5.50. The Kier molecular flexibility index (Phi) is 6.52. The van der Waals surface area contributed by atoms with Gasteiger partial charge in [-0.05, 0) is 33.7 Å². The molecule has 0 rings (SSSR count). The molecule has 0 aromatic rings. The van der Waals surface area contributed by atoms with Crippen LogP contribution in [0.15, 0.2) is 0 Å². The van der Waals surface area contributed by atoms with Gasteiger partial charge in [-0.25, -0.2) is 0 Å². The van der Waals surface area contributed by atoms with Crippen LogP contribution in [0.3, 0.4) is 0 Å². The average molecular weight is 217 g/mol. The van der Waals surface area contributed by atoms with Crippen molar-refractivity contribution in [2.45, 2.75) is 51.7 Å². The molecule has 0 amide bonds. The van der Waals surface area contributed by atoms with Gasteiger partial charge in [0.15, 0.2) is 0 Å². The number of hydrogen-bond donors (Lipinski definition) is 2. The number of carboxylic acid groups (broad SMARTS) is 1. The molecular weight excluding hydrogens is 194 g/mol. The van der Waals surface area contributed by atoms with Gasteiger partial charge in [-0.2, -0.15) is 0 Å². The second kappa shape index (κ2) is 6.80. The van der Waals surface area contributed by atoms with E-state index < -0.39 is 11.5 Å². The summed E-state index contributed by atoms with van der Waals surface area (Å²) >= 11 is 0. The standard InChI is InChI=1S/C11H23NO3/c1-5-6-9(2)15-8-7-11(3,12-4)10(13)14/h9,12H,5-8H2,1-4H3,(H,13,14). The molecule has 0 aliphatic carbocycles. The van der Waals surface area contributed by atoms with Crippen LogP contribution in [0.5, 0.6) is 0 Å². The minimum atomic E-state index is -0.883. The zero-order valence-electron chi connectivity index (χ0n) is 10.2. The van der Waals surface area contributed by atoms with Crippen LogP contribution in [0.1, 0.15) is 40.0 Å². The van der Waals surface area contributed by atoms with Gasteiger partial charge in [0.1, 0.15) is 5.54 Å². The SMILES string of the molecule is CCCC(C)OCCC(C)(NC)C(=O)O. The molecule has 2 N–H and O–H groups in total. The number of ether oxygens (including phenoxy) is 1. The molecule has 2 unspecified atom stereocenters. The van der Waals surface area contributed by atoms with Crippen LogP contribution >= 0.6 is 0 Å². The molecule has 4 nitrogen and oxygen atoms in total. The largest absolute Gasteiger partial charge is 0.480 e. The average Bonchev–Trinajstić information content (AvgIpc) is 2.17. The smallest absolute Gasteiger partial charge is 0.323 e. The Hall–Kier alpha value is -0.610. The predicted octanol–water partition coefficient (Wildman–Crippen LogP) is 1.64. The van der Waals surface area contributed by atoms with Crippen LogP contribution in [-0.2, 0) is 9.53 Å². The zero-order valence-corrected chi connectivity index (χ0v) is 10.2. The van der Waals surface area contributed by atoms with Crippen molar-refractivity contribution in [1.29, 1.82) is 0 Å². The van der Waals surface area contributed by atoms with Gasteiger partial charge in [-0.1, -0.05) is 13.3 Å². The number of carbonyl (C=O) groups is 1. The Bertz CT molecular complexity index is 196. The Morgan fingerprint density at radius 2 is 2.20 bits per heavy atom. The first-order valence-electron chi connectivity index (χ1n) is 5.50. The highest BCUT2D eigenvalue weighted by atomic mass is 16.5. The molecule has 0 bridgehead atoms. The maximum atomic E-state index is 10.9. The summed E-state index contributed by atoms with van der Waals surface area (Å²) in [4.78, 5) is 10.9. The molecule has 0 saturated heterocycles. The maximum absolute atomic E-state index is 10.9. The second-order valence-electron chi connectivity index (χ2n) is 4.11. The molecule has 15 heavy (non-hydrogen) atoms. The molecule has 90 valence electrons. The number of hydrogen-bond acceptors (Lipinski definition) is 3. The lowest BCUT2D eigenvalue weighted by Gasteiger charge is -2.24. The fraction of sp³-hybridized carbons (Fsp3) is 0.909. The number of nitrogens with one attached hydrogen (secondary N) is 1. The van der Waals surface area contributed by atoms with Gasteiger partial charge in [0, 0.05) is 6.61 Å². The topological polar surface area (TPSA) is 58.6 Å². The van der Waals surface area contributed by atoms with Crippen molar-refractivity contribution >= 4 is 5.97 Å². The van der Waals surface area contributed by atoms with E-state index in [1.165, 1.54) is 0 Å². The highest BCUT2D eigenvalue weighted by Gasteiger charge is 2.30. The summed E-state index contributed by atoms with van der Waals surface area (Å²) in [6.45, 7) is 6.27. The number of aliphatic carboxylic acids is 1. The Balaban J connectivity index is 3.87. The van der Waals surface area contributed by atoms with E-state index in [4.69, 9.17) is 9.84 Å². The van der Waals surface area contributed by atoms with Crippen molar-refractivity contribution in [1.82, 2.24) is 5.32 Å². The lowest BCUT2D eigenvalue weighted by Crippen LogP contribution is -2.48. The molecule has 0 heterocycles. The van der Waals surface area contributed by atoms with Crippen LogP contribution < -0.4 is 5.32 Å². The van der Waals surface area contributed by atoms with E-state index >= 15 is 0 Å². The van der Waals surface area contributed by atoms with Crippen LogP contribution in [0, 0.1) is 0 Å². The third kappa shape index (κ3) is 5.14. The second-order valence-corrected chi connectivity index (χ2v) is 4.11. The molecule has 0 aliphatic heterocycles. The van der Waals surface area contributed by atoms with Gasteiger partial charge in [0.25, 0.3) is 0 Å². The van der Waals surface area contributed by atoms with Crippen LogP contribution in [-0.4, -0.2) is 36.4 Å². The Morgan fingerprint density at radius 1 is 1.60 bits per heavy atom. The van der Waals surface area contributed by atoms with Crippen molar-refractivity contribution < 1.29 is 14.6 Å². The van der Waals surface area contributed by atoms with Crippen molar-refractivity contribution in [2.75, 3.05) is 13.7 Å². The summed E-state index contributed by atoms with van der Waals surface area (Å²) in [6.07, 6.45) is 2.80. The number of likely N-dealkylation sites (N-methyl/N-ethyl adjacent to an activating group) is 1. The summed E-state index contributed by atoms with van der Waals surface area (Å²) in [5.74, 6) is -0.836. The van der Waals surface area contributed by atoms with Crippen LogP contribution in [0.4, 0.5) is 0 Å². The summed E-state index contributed by atoms with van der Waals surface area (Å²) in [6, 6.07) is 0. The van der Waals surface area contributed by atoms with Crippen molar-refractivity contribution in [3.05, 3.63) is 0 Å². The Morgan fingerprint density at radius 3 is 2.60 bits per heavy atom. The zero-order chi connectivity index (χ0) is 11.9. The Labute approximate surface area is 92.0 Å². The molecular formula is C11H23NO3. The maximum Gasteiger partial charge on any atom is 0.323 e. The first kappa shape index (κ1) is 14.4. The molecule has 0 aliphatic rings. The van der Waals surface area contributed by atoms with E-state index in [0.29, 0.717) is 13.0 Å². The monoisotopic (exact) mass is 217 g/mol. The van der Waals surface area contributed by atoms with E-state index in [9.17, 15) is 4.79 Å². The van der Waals surface area contributed by atoms with Crippen LogP contribution in [0.25, 0.3) is 0 Å². The molecule has 0 aromatic carbocycles. The molecule has 4 heteroatoms.